The molecule has 1 amide bonds. The van der Waals surface area contributed by atoms with Crippen molar-refractivity contribution in [3.05, 3.63) is 83.4 Å². The van der Waals surface area contributed by atoms with Crippen molar-refractivity contribution in [2.75, 3.05) is 16.8 Å². The Kier molecular flexibility index (Phi) is 10.9. The number of nitrogens with one attached hydrogen (secondary N) is 1. The van der Waals surface area contributed by atoms with Crippen molar-refractivity contribution < 1.29 is 9.90 Å². The zero-order valence-corrected chi connectivity index (χ0v) is 22.2. The molecule has 0 saturated carbocycles. The average molecular weight is 487 g/mol. The van der Waals surface area contributed by atoms with E-state index in [-0.39, 0.29) is 5.91 Å². The van der Waals surface area contributed by atoms with Crippen molar-refractivity contribution in [1.82, 2.24) is 0 Å². The average Bonchev–Trinajstić information content (AvgIpc) is 2.89. The largest absolute Gasteiger partial charge is 0.507 e. The number of hydrogen-bond donors (Lipinski definition) is 2. The maximum Gasteiger partial charge on any atom is 0.227 e. The summed E-state index contributed by atoms with van der Waals surface area (Å²) in [7, 11) is 0. The number of anilines is 3. The summed E-state index contributed by atoms with van der Waals surface area (Å²) in [6, 6.07) is 22.4. The highest BCUT2D eigenvalue weighted by Crippen LogP contribution is 2.27. The standard InChI is InChI=1S/C32H42N2O2/c1-4-6-8-12-22-34(30-19-17-29(18-20-30)33-28-14-10-9-11-15-28)31(35)21-16-26-23-25(3)32(36)27(24-26)13-7-5-2/h9-11,14-15,17-20,23-24,33,36H,4-8,12-13,16,21-22H2,1-3H3. The zero-order valence-electron chi connectivity index (χ0n) is 22.2. The molecule has 0 aliphatic heterocycles. The highest BCUT2D eigenvalue weighted by Gasteiger charge is 2.16. The summed E-state index contributed by atoms with van der Waals surface area (Å²) in [5.74, 6) is 0.552. The monoisotopic (exact) mass is 486 g/mol. The summed E-state index contributed by atoms with van der Waals surface area (Å²) in [4.78, 5) is 15.4. The molecule has 0 spiro atoms. The summed E-state index contributed by atoms with van der Waals surface area (Å²) >= 11 is 0. The fourth-order valence-corrected chi connectivity index (χ4v) is 4.53. The first kappa shape index (κ1) is 27.3. The molecule has 2 N–H and O–H groups in total. The smallest absolute Gasteiger partial charge is 0.227 e. The van der Waals surface area contributed by atoms with Crippen LogP contribution in [0.25, 0.3) is 0 Å². The van der Waals surface area contributed by atoms with Crippen LogP contribution in [0.4, 0.5) is 17.1 Å². The molecule has 192 valence electrons. The Hall–Kier alpha value is -3.27. The number of unbranched alkanes of at least 4 members (excludes halogenated alkanes) is 4. The number of carbonyl (C=O) groups excluding carboxylic acids is 1. The van der Waals surface area contributed by atoms with Gasteiger partial charge in [-0.3, -0.25) is 4.79 Å². The van der Waals surface area contributed by atoms with E-state index in [0.29, 0.717) is 18.6 Å². The van der Waals surface area contributed by atoms with E-state index in [1.54, 1.807) is 0 Å². The van der Waals surface area contributed by atoms with E-state index in [9.17, 15) is 9.90 Å². The van der Waals surface area contributed by atoms with Crippen LogP contribution in [0.5, 0.6) is 5.75 Å². The number of aromatic hydroxyl groups is 1. The Morgan fingerprint density at radius 2 is 1.53 bits per heavy atom. The fourth-order valence-electron chi connectivity index (χ4n) is 4.53. The lowest BCUT2D eigenvalue weighted by atomic mass is 9.98. The summed E-state index contributed by atoms with van der Waals surface area (Å²) in [6.07, 6.45) is 8.65. The number of amides is 1. The van der Waals surface area contributed by atoms with Crippen LogP contribution in [0, 0.1) is 6.92 Å². The number of hydrogen-bond acceptors (Lipinski definition) is 3. The molecule has 4 nitrogen and oxygen atoms in total. The Bertz CT molecular complexity index is 1080. The molecule has 0 aliphatic rings. The first-order valence-electron chi connectivity index (χ1n) is 13.6. The third-order valence-electron chi connectivity index (χ3n) is 6.64. The molecular weight excluding hydrogens is 444 g/mol. The van der Waals surface area contributed by atoms with Crippen LogP contribution in [0.1, 0.15) is 75.5 Å². The minimum atomic E-state index is 0.149. The minimum Gasteiger partial charge on any atom is -0.507 e. The minimum absolute atomic E-state index is 0.149. The van der Waals surface area contributed by atoms with Crippen LogP contribution in [-0.4, -0.2) is 17.6 Å². The van der Waals surface area contributed by atoms with Crippen molar-refractivity contribution in [1.29, 1.82) is 0 Å². The number of phenols is 1. The third-order valence-corrected chi connectivity index (χ3v) is 6.64. The quantitative estimate of drug-likeness (QED) is 0.225. The van der Waals surface area contributed by atoms with Gasteiger partial charge in [0.15, 0.2) is 0 Å². The van der Waals surface area contributed by atoms with E-state index in [1.807, 2.05) is 72.5 Å². The summed E-state index contributed by atoms with van der Waals surface area (Å²) in [6.45, 7) is 7.05. The molecule has 0 fully saturated rings. The van der Waals surface area contributed by atoms with E-state index in [0.717, 1.165) is 72.4 Å². The number of aryl methyl sites for hydroxylation is 3. The number of para-hydroxylation sites is 1. The molecule has 0 aromatic heterocycles. The lowest BCUT2D eigenvalue weighted by Gasteiger charge is -2.24. The molecular formula is C32H42N2O2. The molecule has 3 aromatic rings. The van der Waals surface area contributed by atoms with Gasteiger partial charge in [-0.05, 0) is 85.7 Å². The Balaban J connectivity index is 1.70. The van der Waals surface area contributed by atoms with Crippen LogP contribution in [0.15, 0.2) is 66.7 Å². The second kappa shape index (κ2) is 14.3. The Morgan fingerprint density at radius 3 is 2.22 bits per heavy atom. The zero-order chi connectivity index (χ0) is 25.8. The Labute approximate surface area is 217 Å². The summed E-state index contributed by atoms with van der Waals surface area (Å²) < 4.78 is 0. The molecule has 4 heteroatoms. The van der Waals surface area contributed by atoms with Gasteiger partial charge in [0.1, 0.15) is 5.75 Å². The number of phenolic OH excluding ortho intramolecular Hbond substituents is 1. The fraction of sp³-hybridized carbons (Fsp3) is 0.406. The second-order valence-corrected chi connectivity index (χ2v) is 9.67. The van der Waals surface area contributed by atoms with Gasteiger partial charge in [-0.15, -0.1) is 0 Å². The van der Waals surface area contributed by atoms with Crippen molar-refractivity contribution in [3.63, 3.8) is 0 Å². The molecule has 3 rings (SSSR count). The normalized spacial score (nSPS) is 10.9. The van der Waals surface area contributed by atoms with E-state index in [2.05, 4.69) is 25.2 Å². The van der Waals surface area contributed by atoms with Gasteiger partial charge in [0, 0.05) is 30.0 Å². The molecule has 0 unspecified atom stereocenters. The first-order valence-corrected chi connectivity index (χ1v) is 13.6. The molecule has 0 heterocycles. The van der Waals surface area contributed by atoms with Gasteiger partial charge in [0.05, 0.1) is 0 Å². The number of benzene rings is 3. The number of nitrogens with zero attached hydrogens (tertiary/aromatic N) is 1. The van der Waals surface area contributed by atoms with Gasteiger partial charge in [-0.2, -0.15) is 0 Å². The van der Waals surface area contributed by atoms with Crippen LogP contribution in [-0.2, 0) is 17.6 Å². The van der Waals surface area contributed by atoms with Crippen molar-refractivity contribution >= 4 is 23.0 Å². The molecule has 0 atom stereocenters. The maximum atomic E-state index is 13.4. The highest BCUT2D eigenvalue weighted by molar-refractivity contribution is 5.93. The highest BCUT2D eigenvalue weighted by atomic mass is 16.3. The number of rotatable bonds is 14. The van der Waals surface area contributed by atoms with Gasteiger partial charge in [0.25, 0.3) is 0 Å². The SMILES string of the molecule is CCCCCCN(C(=O)CCc1cc(C)c(O)c(CCCC)c1)c1ccc(Nc2ccccc2)cc1. The van der Waals surface area contributed by atoms with E-state index in [4.69, 9.17) is 0 Å². The molecule has 0 aliphatic carbocycles. The van der Waals surface area contributed by atoms with Crippen molar-refractivity contribution in [2.45, 2.75) is 78.6 Å². The van der Waals surface area contributed by atoms with Gasteiger partial charge in [-0.1, -0.05) is 69.9 Å². The van der Waals surface area contributed by atoms with Crippen LogP contribution in [0.3, 0.4) is 0 Å². The molecule has 0 radical (unpaired) electrons. The predicted octanol–water partition coefficient (Wildman–Crippen LogP) is 8.33. The molecule has 3 aromatic carbocycles. The Morgan fingerprint density at radius 1 is 0.833 bits per heavy atom. The van der Waals surface area contributed by atoms with Crippen LogP contribution >= 0.6 is 0 Å². The third kappa shape index (κ3) is 8.15. The van der Waals surface area contributed by atoms with E-state index < -0.39 is 0 Å². The van der Waals surface area contributed by atoms with E-state index >= 15 is 0 Å². The van der Waals surface area contributed by atoms with Crippen LogP contribution < -0.4 is 10.2 Å². The second-order valence-electron chi connectivity index (χ2n) is 9.67. The van der Waals surface area contributed by atoms with Gasteiger partial charge < -0.3 is 15.3 Å². The molecule has 0 bridgehead atoms. The molecule has 0 saturated heterocycles. The molecule has 36 heavy (non-hydrogen) atoms. The maximum absolute atomic E-state index is 13.4. The number of carbonyl (C=O) groups is 1. The van der Waals surface area contributed by atoms with E-state index in [1.165, 1.54) is 12.8 Å². The van der Waals surface area contributed by atoms with Crippen LogP contribution in [0.2, 0.25) is 0 Å². The van der Waals surface area contributed by atoms with Crippen molar-refractivity contribution in [3.8, 4) is 5.75 Å². The lowest BCUT2D eigenvalue weighted by Crippen LogP contribution is -2.32. The van der Waals surface area contributed by atoms with Crippen molar-refractivity contribution in [2.24, 2.45) is 0 Å². The first-order chi connectivity index (χ1) is 17.5. The summed E-state index contributed by atoms with van der Waals surface area (Å²) in [5, 5.41) is 13.9. The topological polar surface area (TPSA) is 52.6 Å². The van der Waals surface area contributed by atoms with Gasteiger partial charge in [0.2, 0.25) is 5.91 Å². The van der Waals surface area contributed by atoms with Gasteiger partial charge in [-0.25, -0.2) is 0 Å². The lowest BCUT2D eigenvalue weighted by molar-refractivity contribution is -0.118. The van der Waals surface area contributed by atoms with Gasteiger partial charge >= 0.3 is 0 Å². The predicted molar refractivity (Wildman–Crippen MR) is 152 cm³/mol. The summed E-state index contributed by atoms with van der Waals surface area (Å²) in [5.41, 5.74) is 6.00.